The van der Waals surface area contributed by atoms with Gasteiger partial charge in [-0.25, -0.2) is 4.79 Å². The van der Waals surface area contributed by atoms with Crippen LogP contribution >= 0.6 is 0 Å². The molecular formula is C18H27N3O2. The van der Waals surface area contributed by atoms with E-state index in [0.717, 1.165) is 36.7 Å². The lowest BCUT2D eigenvalue weighted by molar-refractivity contribution is 0.220. The van der Waals surface area contributed by atoms with E-state index in [-0.39, 0.29) is 6.03 Å². The smallest absolute Gasteiger partial charge is 0.321 e. The maximum absolute atomic E-state index is 12.0. The summed E-state index contributed by atoms with van der Waals surface area (Å²) in [4.78, 5) is 16.2. The first-order valence-electron chi connectivity index (χ1n) is 8.61. The third-order valence-electron chi connectivity index (χ3n) is 4.70. The van der Waals surface area contributed by atoms with Gasteiger partial charge in [-0.2, -0.15) is 0 Å². The monoisotopic (exact) mass is 317 g/mol. The van der Waals surface area contributed by atoms with Crippen LogP contribution in [0.4, 0.5) is 10.5 Å². The molecule has 5 nitrogen and oxygen atoms in total. The van der Waals surface area contributed by atoms with E-state index >= 15 is 0 Å². The molecule has 0 bridgehead atoms. The molecule has 1 atom stereocenters. The minimum atomic E-state index is -0.0377. The van der Waals surface area contributed by atoms with E-state index in [1.165, 1.54) is 19.5 Å². The van der Waals surface area contributed by atoms with Gasteiger partial charge in [0.05, 0.1) is 0 Å². The standard InChI is InChI=1S/C18H27N3O2/c1-14-9-10-21(13-14)11-12-23-17-7-3-15(4-8-17)19-18(22)20(2)16-5-6-16/h3-4,7-8,14,16H,5-6,9-13H2,1-2H3,(H,19,22). The molecule has 1 saturated heterocycles. The lowest BCUT2D eigenvalue weighted by atomic mass is 10.2. The van der Waals surface area contributed by atoms with Crippen LogP contribution in [0.5, 0.6) is 5.75 Å². The van der Waals surface area contributed by atoms with Gasteiger partial charge in [0.1, 0.15) is 12.4 Å². The van der Waals surface area contributed by atoms with Gasteiger partial charge in [-0.15, -0.1) is 0 Å². The number of nitrogens with zero attached hydrogens (tertiary/aromatic N) is 2. The SMILES string of the molecule is CC1CCN(CCOc2ccc(NC(=O)N(C)C3CC3)cc2)C1. The molecule has 2 amide bonds. The fraction of sp³-hybridized carbons (Fsp3) is 0.611. The summed E-state index contributed by atoms with van der Waals surface area (Å²) in [6.45, 7) is 6.36. The Morgan fingerprint density at radius 3 is 2.65 bits per heavy atom. The maximum Gasteiger partial charge on any atom is 0.321 e. The minimum Gasteiger partial charge on any atom is -0.492 e. The largest absolute Gasteiger partial charge is 0.492 e. The van der Waals surface area contributed by atoms with Crippen LogP contribution in [0.3, 0.4) is 0 Å². The van der Waals surface area contributed by atoms with Crippen molar-refractivity contribution in [2.75, 3.05) is 38.6 Å². The van der Waals surface area contributed by atoms with Crippen molar-refractivity contribution in [3.8, 4) is 5.75 Å². The van der Waals surface area contributed by atoms with Gasteiger partial charge in [-0.1, -0.05) is 6.92 Å². The van der Waals surface area contributed by atoms with Crippen molar-refractivity contribution in [3.63, 3.8) is 0 Å². The molecule has 1 aliphatic carbocycles. The van der Waals surface area contributed by atoms with Gasteiger partial charge in [0.2, 0.25) is 0 Å². The molecule has 2 fully saturated rings. The number of nitrogens with one attached hydrogen (secondary N) is 1. The number of urea groups is 1. The quantitative estimate of drug-likeness (QED) is 0.877. The molecule has 3 rings (SSSR count). The predicted molar refractivity (Wildman–Crippen MR) is 92.0 cm³/mol. The van der Waals surface area contributed by atoms with Crippen molar-refractivity contribution in [2.45, 2.75) is 32.2 Å². The number of amides is 2. The Morgan fingerprint density at radius 1 is 1.30 bits per heavy atom. The van der Waals surface area contributed by atoms with E-state index in [9.17, 15) is 4.79 Å². The number of benzene rings is 1. The highest BCUT2D eigenvalue weighted by Crippen LogP contribution is 2.26. The molecule has 1 aliphatic heterocycles. The average Bonchev–Trinajstić information content (AvgIpc) is 3.31. The van der Waals surface area contributed by atoms with E-state index in [1.54, 1.807) is 4.90 Å². The van der Waals surface area contributed by atoms with Crippen molar-refractivity contribution < 1.29 is 9.53 Å². The first-order chi connectivity index (χ1) is 11.1. The minimum absolute atomic E-state index is 0.0377. The number of carbonyl (C=O) groups is 1. The second-order valence-corrected chi connectivity index (χ2v) is 6.84. The molecule has 1 heterocycles. The van der Waals surface area contributed by atoms with Gasteiger partial charge in [-0.3, -0.25) is 4.90 Å². The predicted octanol–water partition coefficient (Wildman–Crippen LogP) is 3.03. The van der Waals surface area contributed by atoms with Gasteiger partial charge < -0.3 is 15.0 Å². The van der Waals surface area contributed by atoms with Crippen LogP contribution in [0.2, 0.25) is 0 Å². The summed E-state index contributed by atoms with van der Waals surface area (Å²) in [5, 5.41) is 2.92. The van der Waals surface area contributed by atoms with Crippen LogP contribution in [0.15, 0.2) is 24.3 Å². The number of anilines is 1. The van der Waals surface area contributed by atoms with E-state index in [4.69, 9.17) is 4.74 Å². The molecule has 0 radical (unpaired) electrons. The Morgan fingerprint density at radius 2 is 2.04 bits per heavy atom. The van der Waals surface area contributed by atoms with Gasteiger partial charge in [-0.05, 0) is 56.0 Å². The van der Waals surface area contributed by atoms with Crippen molar-refractivity contribution in [3.05, 3.63) is 24.3 Å². The van der Waals surface area contributed by atoms with Gasteiger partial charge in [0.25, 0.3) is 0 Å². The average molecular weight is 317 g/mol. The van der Waals surface area contributed by atoms with Gasteiger partial charge in [0.15, 0.2) is 0 Å². The Balaban J connectivity index is 1.40. The molecule has 1 aromatic carbocycles. The second kappa shape index (κ2) is 7.21. The summed E-state index contributed by atoms with van der Waals surface area (Å²) in [5.41, 5.74) is 0.809. The Bertz CT molecular complexity index is 528. The first-order valence-corrected chi connectivity index (χ1v) is 8.61. The van der Waals surface area contributed by atoms with Crippen molar-refractivity contribution >= 4 is 11.7 Å². The number of rotatable bonds is 6. The molecule has 1 saturated carbocycles. The van der Waals surface area contributed by atoms with Crippen LogP contribution < -0.4 is 10.1 Å². The maximum atomic E-state index is 12.0. The van der Waals surface area contributed by atoms with Crippen LogP contribution in [-0.2, 0) is 0 Å². The Hall–Kier alpha value is -1.75. The molecule has 23 heavy (non-hydrogen) atoms. The number of hydrogen-bond acceptors (Lipinski definition) is 3. The summed E-state index contributed by atoms with van der Waals surface area (Å²) in [6, 6.07) is 8.01. The summed E-state index contributed by atoms with van der Waals surface area (Å²) >= 11 is 0. The zero-order valence-corrected chi connectivity index (χ0v) is 14.1. The van der Waals surface area contributed by atoms with Crippen LogP contribution in [0, 0.1) is 5.92 Å². The van der Waals surface area contributed by atoms with Crippen molar-refractivity contribution in [2.24, 2.45) is 5.92 Å². The third kappa shape index (κ3) is 4.61. The number of likely N-dealkylation sites (tertiary alicyclic amines) is 1. The Labute approximate surface area is 138 Å². The number of hydrogen-bond donors (Lipinski definition) is 1. The topological polar surface area (TPSA) is 44.8 Å². The van der Waals surface area contributed by atoms with E-state index in [1.807, 2.05) is 31.3 Å². The van der Waals surface area contributed by atoms with Gasteiger partial charge in [0, 0.05) is 31.9 Å². The number of ether oxygens (including phenoxy) is 1. The zero-order chi connectivity index (χ0) is 16.2. The summed E-state index contributed by atoms with van der Waals surface area (Å²) in [5.74, 6) is 1.66. The summed E-state index contributed by atoms with van der Waals surface area (Å²) in [6.07, 6.45) is 3.53. The van der Waals surface area contributed by atoms with Gasteiger partial charge >= 0.3 is 6.03 Å². The molecule has 1 aromatic rings. The molecular weight excluding hydrogens is 290 g/mol. The number of carbonyl (C=O) groups excluding carboxylic acids is 1. The molecule has 5 heteroatoms. The second-order valence-electron chi connectivity index (χ2n) is 6.84. The highest BCUT2D eigenvalue weighted by molar-refractivity contribution is 5.89. The molecule has 2 aliphatic rings. The van der Waals surface area contributed by atoms with E-state index in [0.29, 0.717) is 12.6 Å². The van der Waals surface area contributed by atoms with E-state index in [2.05, 4.69) is 17.1 Å². The van der Waals surface area contributed by atoms with Crippen LogP contribution in [0.25, 0.3) is 0 Å². The van der Waals surface area contributed by atoms with Crippen molar-refractivity contribution in [1.29, 1.82) is 0 Å². The lowest BCUT2D eigenvalue weighted by Gasteiger charge is -2.17. The first kappa shape index (κ1) is 16.1. The normalized spacial score (nSPS) is 21.2. The summed E-state index contributed by atoms with van der Waals surface area (Å²) in [7, 11) is 1.85. The van der Waals surface area contributed by atoms with E-state index < -0.39 is 0 Å². The molecule has 1 unspecified atom stereocenters. The fourth-order valence-corrected chi connectivity index (χ4v) is 3.00. The molecule has 0 spiro atoms. The van der Waals surface area contributed by atoms with Crippen LogP contribution in [-0.4, -0.2) is 55.2 Å². The lowest BCUT2D eigenvalue weighted by Crippen LogP contribution is -2.32. The van der Waals surface area contributed by atoms with Crippen molar-refractivity contribution in [1.82, 2.24) is 9.80 Å². The summed E-state index contributed by atoms with van der Waals surface area (Å²) < 4.78 is 5.79. The zero-order valence-electron chi connectivity index (χ0n) is 14.1. The molecule has 1 N–H and O–H groups in total. The Kier molecular flexibility index (Phi) is 5.06. The molecule has 0 aromatic heterocycles. The highest BCUT2D eigenvalue weighted by Gasteiger charge is 2.29. The third-order valence-corrected chi connectivity index (χ3v) is 4.70. The highest BCUT2D eigenvalue weighted by atomic mass is 16.5. The fourth-order valence-electron chi connectivity index (χ4n) is 3.00. The molecule has 126 valence electrons. The van der Waals surface area contributed by atoms with Crippen LogP contribution in [0.1, 0.15) is 26.2 Å².